The average molecular weight is 292 g/mol. The van der Waals surface area contributed by atoms with Gasteiger partial charge < -0.3 is 15.2 Å². The minimum absolute atomic E-state index is 0.0959. The smallest absolute Gasteiger partial charge is 0.337 e. The third-order valence-corrected chi connectivity index (χ3v) is 3.14. The van der Waals surface area contributed by atoms with Crippen LogP contribution in [0.3, 0.4) is 0 Å². The van der Waals surface area contributed by atoms with Crippen LogP contribution in [0.25, 0.3) is 0 Å². The summed E-state index contributed by atoms with van der Waals surface area (Å²) >= 11 is 5.91. The third kappa shape index (κ3) is 3.42. The van der Waals surface area contributed by atoms with Crippen LogP contribution in [-0.2, 0) is 6.54 Å². The number of hydrogen-bond acceptors (Lipinski definition) is 3. The van der Waals surface area contributed by atoms with Crippen LogP contribution in [0.2, 0.25) is 5.02 Å². The number of carboxylic acid groups (broad SMARTS) is 1. The number of ether oxygens (including phenoxy) is 1. The average Bonchev–Trinajstić information content (AvgIpc) is 2.45. The van der Waals surface area contributed by atoms with Gasteiger partial charge in [0.05, 0.1) is 17.7 Å². The summed E-state index contributed by atoms with van der Waals surface area (Å²) in [5.41, 5.74) is 1.92. The van der Waals surface area contributed by atoms with Crippen molar-refractivity contribution in [1.82, 2.24) is 0 Å². The highest BCUT2D eigenvalue weighted by atomic mass is 35.5. The molecule has 0 unspecified atom stereocenters. The van der Waals surface area contributed by atoms with Crippen molar-refractivity contribution < 1.29 is 14.6 Å². The van der Waals surface area contributed by atoms with Gasteiger partial charge >= 0.3 is 5.97 Å². The second-order valence-electron chi connectivity index (χ2n) is 4.20. The second-order valence-corrected chi connectivity index (χ2v) is 4.61. The number of rotatable bonds is 5. The Balaban J connectivity index is 2.07. The molecule has 20 heavy (non-hydrogen) atoms. The van der Waals surface area contributed by atoms with Crippen molar-refractivity contribution >= 4 is 23.3 Å². The molecule has 2 aromatic carbocycles. The summed E-state index contributed by atoms with van der Waals surface area (Å²) in [6.45, 7) is 0.597. The van der Waals surface area contributed by atoms with E-state index in [4.69, 9.17) is 21.4 Å². The first-order valence-corrected chi connectivity index (χ1v) is 6.37. The summed E-state index contributed by atoms with van der Waals surface area (Å²) in [5, 5.41) is 12.3. The quantitative estimate of drug-likeness (QED) is 0.882. The highest BCUT2D eigenvalue weighted by Gasteiger charge is 2.08. The van der Waals surface area contributed by atoms with E-state index in [1.54, 1.807) is 19.2 Å². The van der Waals surface area contributed by atoms with E-state index in [2.05, 4.69) is 5.32 Å². The minimum atomic E-state index is -1.03. The molecule has 0 atom stereocenters. The van der Waals surface area contributed by atoms with Gasteiger partial charge in [-0.2, -0.15) is 0 Å². The number of carbonyl (C=O) groups is 1. The van der Waals surface area contributed by atoms with Gasteiger partial charge in [-0.3, -0.25) is 0 Å². The molecular formula is C15H14ClNO3. The van der Waals surface area contributed by atoms with Crippen LogP contribution in [0, 0.1) is 0 Å². The molecule has 2 rings (SSSR count). The summed E-state index contributed by atoms with van der Waals surface area (Å²) in [6, 6.07) is 12.5. The summed E-state index contributed by atoms with van der Waals surface area (Å²) in [7, 11) is 1.62. The van der Waals surface area contributed by atoms with Gasteiger partial charge in [-0.05, 0) is 35.9 Å². The number of nitrogens with one attached hydrogen (secondary N) is 1. The van der Waals surface area contributed by atoms with Crippen molar-refractivity contribution in [3.8, 4) is 5.75 Å². The van der Waals surface area contributed by atoms with Gasteiger partial charge in [-0.25, -0.2) is 4.79 Å². The molecule has 0 saturated heterocycles. The Labute approximate surface area is 122 Å². The van der Waals surface area contributed by atoms with E-state index in [-0.39, 0.29) is 10.6 Å². The van der Waals surface area contributed by atoms with E-state index >= 15 is 0 Å². The molecule has 0 spiro atoms. The van der Waals surface area contributed by atoms with E-state index in [1.807, 2.05) is 24.3 Å². The summed E-state index contributed by atoms with van der Waals surface area (Å²) in [5.74, 6) is -0.238. The van der Waals surface area contributed by atoms with Crippen molar-refractivity contribution in [3.05, 3.63) is 58.6 Å². The highest BCUT2D eigenvalue weighted by Crippen LogP contribution is 2.22. The normalized spacial score (nSPS) is 10.1. The predicted molar refractivity (Wildman–Crippen MR) is 78.7 cm³/mol. The predicted octanol–water partition coefficient (Wildman–Crippen LogP) is 3.66. The van der Waals surface area contributed by atoms with Crippen molar-refractivity contribution in [2.75, 3.05) is 12.4 Å². The third-order valence-electron chi connectivity index (χ3n) is 2.83. The molecule has 4 nitrogen and oxygen atoms in total. The lowest BCUT2D eigenvalue weighted by atomic mass is 10.2. The van der Waals surface area contributed by atoms with E-state index in [0.717, 1.165) is 17.0 Å². The zero-order valence-electron chi connectivity index (χ0n) is 10.9. The Kier molecular flexibility index (Phi) is 4.48. The second kappa shape index (κ2) is 6.30. The van der Waals surface area contributed by atoms with Crippen LogP contribution >= 0.6 is 11.6 Å². The highest BCUT2D eigenvalue weighted by molar-refractivity contribution is 6.33. The first kappa shape index (κ1) is 14.2. The van der Waals surface area contributed by atoms with Crippen molar-refractivity contribution in [1.29, 1.82) is 0 Å². The lowest BCUT2D eigenvalue weighted by Gasteiger charge is -2.09. The van der Waals surface area contributed by atoms with E-state index in [9.17, 15) is 4.79 Å². The van der Waals surface area contributed by atoms with E-state index in [0.29, 0.717) is 6.54 Å². The fraction of sp³-hybridized carbons (Fsp3) is 0.133. The van der Waals surface area contributed by atoms with Crippen LogP contribution in [-0.4, -0.2) is 18.2 Å². The van der Waals surface area contributed by atoms with Gasteiger partial charge in [-0.1, -0.05) is 23.7 Å². The molecule has 104 valence electrons. The topological polar surface area (TPSA) is 58.6 Å². The van der Waals surface area contributed by atoms with Gasteiger partial charge in [0, 0.05) is 12.2 Å². The summed E-state index contributed by atoms with van der Waals surface area (Å²) < 4.78 is 5.15. The maximum absolute atomic E-state index is 10.9. The molecule has 0 heterocycles. The molecule has 0 fully saturated rings. The molecule has 2 N–H and O–H groups in total. The van der Waals surface area contributed by atoms with Crippen LogP contribution in [0.5, 0.6) is 5.75 Å². The Morgan fingerprint density at radius 3 is 2.75 bits per heavy atom. The summed E-state index contributed by atoms with van der Waals surface area (Å²) in [4.78, 5) is 10.9. The van der Waals surface area contributed by atoms with Crippen LogP contribution in [0.1, 0.15) is 15.9 Å². The van der Waals surface area contributed by atoms with Gasteiger partial charge in [0.1, 0.15) is 5.75 Å². The Bertz CT molecular complexity index is 628. The molecule has 0 aliphatic carbocycles. The fourth-order valence-corrected chi connectivity index (χ4v) is 2.05. The van der Waals surface area contributed by atoms with E-state index < -0.39 is 5.97 Å². The number of aromatic carboxylic acids is 1. The number of methoxy groups -OCH3 is 1. The molecule has 2 aromatic rings. The van der Waals surface area contributed by atoms with Gasteiger partial charge in [-0.15, -0.1) is 0 Å². The maximum Gasteiger partial charge on any atom is 0.337 e. The first-order chi connectivity index (χ1) is 9.60. The number of carboxylic acids is 1. The number of halogens is 1. The lowest BCUT2D eigenvalue weighted by Crippen LogP contribution is -2.02. The van der Waals surface area contributed by atoms with Crippen molar-refractivity contribution in [2.45, 2.75) is 6.54 Å². The molecule has 0 bridgehead atoms. The number of hydrogen-bond donors (Lipinski definition) is 2. The van der Waals surface area contributed by atoms with Crippen LogP contribution in [0.15, 0.2) is 42.5 Å². The fourth-order valence-electron chi connectivity index (χ4n) is 1.79. The van der Waals surface area contributed by atoms with Crippen LogP contribution in [0.4, 0.5) is 5.69 Å². The zero-order valence-corrected chi connectivity index (χ0v) is 11.6. The molecule has 0 saturated carbocycles. The molecule has 0 amide bonds. The lowest BCUT2D eigenvalue weighted by molar-refractivity contribution is 0.0697. The molecule has 0 radical (unpaired) electrons. The Hall–Kier alpha value is -2.20. The molecule has 5 heteroatoms. The van der Waals surface area contributed by atoms with Gasteiger partial charge in [0.25, 0.3) is 0 Å². The van der Waals surface area contributed by atoms with E-state index in [1.165, 1.54) is 6.07 Å². The molecule has 0 aromatic heterocycles. The molecule has 0 aliphatic heterocycles. The molecular weight excluding hydrogens is 278 g/mol. The zero-order chi connectivity index (χ0) is 14.5. The first-order valence-electron chi connectivity index (χ1n) is 6.00. The summed E-state index contributed by atoms with van der Waals surface area (Å²) in [6.07, 6.45) is 0. The molecule has 0 aliphatic rings. The minimum Gasteiger partial charge on any atom is -0.497 e. The van der Waals surface area contributed by atoms with Gasteiger partial charge in [0.2, 0.25) is 0 Å². The number of anilines is 1. The van der Waals surface area contributed by atoms with Crippen molar-refractivity contribution in [2.24, 2.45) is 0 Å². The number of benzene rings is 2. The SMILES string of the molecule is COc1cccc(CNc2ccc(C(=O)O)c(Cl)c2)c1. The standard InChI is InChI=1S/C15H14ClNO3/c1-20-12-4-2-3-10(7-12)9-17-11-5-6-13(15(18)19)14(16)8-11/h2-8,17H,9H2,1H3,(H,18,19). The Morgan fingerprint density at radius 1 is 1.30 bits per heavy atom. The largest absolute Gasteiger partial charge is 0.497 e. The van der Waals surface area contributed by atoms with Crippen molar-refractivity contribution in [3.63, 3.8) is 0 Å². The Morgan fingerprint density at radius 2 is 2.10 bits per heavy atom. The van der Waals surface area contributed by atoms with Gasteiger partial charge in [0.15, 0.2) is 0 Å². The maximum atomic E-state index is 10.9. The monoisotopic (exact) mass is 291 g/mol. The van der Waals surface area contributed by atoms with Crippen LogP contribution < -0.4 is 10.1 Å².